The first-order chi connectivity index (χ1) is 8.22. The Bertz CT molecular complexity index is 552. The predicted octanol–water partition coefficient (Wildman–Crippen LogP) is 2.40. The molecule has 1 aliphatic carbocycles. The molecule has 0 unspecified atom stereocenters. The molecule has 5 nitrogen and oxygen atoms in total. The molecule has 6 heteroatoms. The molecule has 0 aromatic carbocycles. The topological polar surface area (TPSA) is 55.6 Å². The number of aryl methyl sites for hydroxylation is 2. The van der Waals surface area contributed by atoms with Crippen LogP contribution in [0.4, 0.5) is 5.00 Å². The molecule has 0 bridgehead atoms. The Hall–Kier alpha value is -1.43. The zero-order valence-electron chi connectivity index (χ0n) is 10.2. The molecule has 2 aromatic rings. The van der Waals surface area contributed by atoms with Crippen LogP contribution in [0.5, 0.6) is 0 Å². The lowest BCUT2D eigenvalue weighted by Crippen LogP contribution is -2.01. The summed E-state index contributed by atoms with van der Waals surface area (Å²) in [5.74, 6) is 1.95. The fraction of sp³-hybridized carbons (Fsp3) is 0.545. The van der Waals surface area contributed by atoms with Gasteiger partial charge in [0, 0.05) is 13.1 Å². The van der Waals surface area contributed by atoms with Crippen molar-refractivity contribution >= 4 is 16.5 Å². The zero-order chi connectivity index (χ0) is 12.0. The highest BCUT2D eigenvalue weighted by Crippen LogP contribution is 2.41. The van der Waals surface area contributed by atoms with Crippen molar-refractivity contribution in [3.8, 4) is 11.4 Å². The lowest BCUT2D eigenvalue weighted by Gasteiger charge is -2.07. The van der Waals surface area contributed by atoms with E-state index in [0.717, 1.165) is 27.9 Å². The molecule has 1 saturated carbocycles. The van der Waals surface area contributed by atoms with E-state index in [1.54, 1.807) is 0 Å². The highest BCUT2D eigenvalue weighted by Gasteiger charge is 2.30. The standard InChI is InChI=1S/C11H15N5S/c1-6-9(11(12-3)17-15-6)10-14-13-7(2)16(10)8-4-5-8/h8,12H,4-5H2,1-3H3. The van der Waals surface area contributed by atoms with Crippen molar-refractivity contribution in [2.24, 2.45) is 0 Å². The number of hydrogen-bond acceptors (Lipinski definition) is 5. The van der Waals surface area contributed by atoms with E-state index in [9.17, 15) is 0 Å². The molecule has 0 amide bonds. The second kappa shape index (κ2) is 3.80. The summed E-state index contributed by atoms with van der Waals surface area (Å²) in [5.41, 5.74) is 2.12. The van der Waals surface area contributed by atoms with Crippen LogP contribution in [0, 0.1) is 13.8 Å². The van der Waals surface area contributed by atoms with Gasteiger partial charge in [-0.3, -0.25) is 0 Å². The summed E-state index contributed by atoms with van der Waals surface area (Å²) >= 11 is 1.48. The van der Waals surface area contributed by atoms with E-state index in [2.05, 4.69) is 24.5 Å². The number of hydrogen-bond donors (Lipinski definition) is 1. The molecule has 0 saturated heterocycles. The van der Waals surface area contributed by atoms with Crippen LogP contribution in [0.3, 0.4) is 0 Å². The molecule has 90 valence electrons. The van der Waals surface area contributed by atoms with Gasteiger partial charge in [0.05, 0.1) is 11.3 Å². The third kappa shape index (κ3) is 1.63. The molecule has 0 spiro atoms. The SMILES string of the molecule is CNc1snc(C)c1-c1nnc(C)n1C1CC1. The first-order valence-corrected chi connectivity index (χ1v) is 6.55. The van der Waals surface area contributed by atoms with Crippen molar-refractivity contribution < 1.29 is 0 Å². The quantitative estimate of drug-likeness (QED) is 0.907. The Morgan fingerprint density at radius 2 is 2.06 bits per heavy atom. The molecule has 1 N–H and O–H groups in total. The van der Waals surface area contributed by atoms with Crippen molar-refractivity contribution in [3.05, 3.63) is 11.5 Å². The summed E-state index contributed by atoms with van der Waals surface area (Å²) in [7, 11) is 1.92. The monoisotopic (exact) mass is 249 g/mol. The van der Waals surface area contributed by atoms with Crippen LogP contribution in [0.15, 0.2) is 0 Å². The third-order valence-corrected chi connectivity index (χ3v) is 4.05. The Kier molecular flexibility index (Phi) is 2.39. The first kappa shape index (κ1) is 10.7. The van der Waals surface area contributed by atoms with Crippen LogP contribution in [-0.4, -0.2) is 26.2 Å². The maximum absolute atomic E-state index is 4.39. The van der Waals surface area contributed by atoms with Gasteiger partial charge in [0.2, 0.25) is 0 Å². The molecular weight excluding hydrogens is 234 g/mol. The number of rotatable bonds is 3. The molecule has 0 radical (unpaired) electrons. The van der Waals surface area contributed by atoms with Gasteiger partial charge in [0.1, 0.15) is 10.8 Å². The van der Waals surface area contributed by atoms with Crippen molar-refractivity contribution in [3.63, 3.8) is 0 Å². The minimum Gasteiger partial charge on any atom is -0.378 e. The van der Waals surface area contributed by atoms with Crippen LogP contribution in [-0.2, 0) is 0 Å². The van der Waals surface area contributed by atoms with Gasteiger partial charge >= 0.3 is 0 Å². The molecule has 0 aliphatic heterocycles. The molecule has 17 heavy (non-hydrogen) atoms. The van der Waals surface area contributed by atoms with Crippen LogP contribution in [0.2, 0.25) is 0 Å². The third-order valence-electron chi connectivity index (χ3n) is 3.09. The van der Waals surface area contributed by atoms with Gasteiger partial charge in [-0.05, 0) is 38.2 Å². The second-order valence-electron chi connectivity index (χ2n) is 4.39. The summed E-state index contributed by atoms with van der Waals surface area (Å²) in [6.45, 7) is 4.04. The van der Waals surface area contributed by atoms with E-state index in [1.807, 2.05) is 20.9 Å². The average molecular weight is 249 g/mol. The van der Waals surface area contributed by atoms with E-state index in [1.165, 1.54) is 24.4 Å². The van der Waals surface area contributed by atoms with Gasteiger partial charge in [-0.2, -0.15) is 4.37 Å². The van der Waals surface area contributed by atoms with Gasteiger partial charge in [0.15, 0.2) is 5.82 Å². The minimum atomic E-state index is 0.587. The summed E-state index contributed by atoms with van der Waals surface area (Å²) in [6.07, 6.45) is 2.47. The molecule has 0 atom stereocenters. The second-order valence-corrected chi connectivity index (χ2v) is 5.17. The fourth-order valence-corrected chi connectivity index (χ4v) is 2.85. The van der Waals surface area contributed by atoms with E-state index >= 15 is 0 Å². The maximum atomic E-state index is 4.39. The Labute approximate surface area is 104 Å². The van der Waals surface area contributed by atoms with E-state index in [4.69, 9.17) is 0 Å². The summed E-state index contributed by atoms with van der Waals surface area (Å²) in [5, 5.41) is 12.8. The number of anilines is 1. The van der Waals surface area contributed by atoms with Crippen molar-refractivity contribution in [2.75, 3.05) is 12.4 Å². The van der Waals surface area contributed by atoms with Gasteiger partial charge in [0.25, 0.3) is 0 Å². The number of aromatic nitrogens is 4. The summed E-state index contributed by atoms with van der Waals surface area (Å²) in [6, 6.07) is 0.587. The van der Waals surface area contributed by atoms with Crippen molar-refractivity contribution in [2.45, 2.75) is 32.7 Å². The predicted molar refractivity (Wildman–Crippen MR) is 68.4 cm³/mol. The summed E-state index contributed by atoms with van der Waals surface area (Å²) in [4.78, 5) is 0. The molecule has 1 aliphatic rings. The Morgan fingerprint density at radius 3 is 2.71 bits per heavy atom. The summed E-state index contributed by atoms with van der Waals surface area (Å²) < 4.78 is 6.64. The van der Waals surface area contributed by atoms with E-state index in [-0.39, 0.29) is 0 Å². The van der Waals surface area contributed by atoms with E-state index in [0.29, 0.717) is 6.04 Å². The van der Waals surface area contributed by atoms with Crippen molar-refractivity contribution in [1.29, 1.82) is 0 Å². The van der Waals surface area contributed by atoms with Crippen LogP contribution < -0.4 is 5.32 Å². The zero-order valence-corrected chi connectivity index (χ0v) is 11.0. The van der Waals surface area contributed by atoms with Crippen molar-refractivity contribution in [1.82, 2.24) is 19.1 Å². The Balaban J connectivity index is 2.17. The van der Waals surface area contributed by atoms with Crippen LogP contribution in [0.1, 0.15) is 30.4 Å². The fourth-order valence-electron chi connectivity index (χ4n) is 2.11. The molecule has 3 rings (SSSR count). The van der Waals surface area contributed by atoms with Gasteiger partial charge in [-0.1, -0.05) is 0 Å². The number of nitrogens with zero attached hydrogens (tertiary/aromatic N) is 4. The molecule has 2 heterocycles. The molecule has 2 aromatic heterocycles. The van der Waals surface area contributed by atoms with Crippen LogP contribution in [0.25, 0.3) is 11.4 Å². The smallest absolute Gasteiger partial charge is 0.169 e. The Morgan fingerprint density at radius 1 is 1.29 bits per heavy atom. The lowest BCUT2D eigenvalue weighted by molar-refractivity contribution is 0.717. The van der Waals surface area contributed by atoms with Gasteiger partial charge < -0.3 is 9.88 Å². The highest BCUT2D eigenvalue weighted by atomic mass is 32.1. The van der Waals surface area contributed by atoms with Gasteiger partial charge in [-0.25, -0.2) is 0 Å². The molecular formula is C11H15N5S. The minimum absolute atomic E-state index is 0.587. The maximum Gasteiger partial charge on any atom is 0.169 e. The average Bonchev–Trinajstić information content (AvgIpc) is 2.98. The van der Waals surface area contributed by atoms with E-state index < -0.39 is 0 Å². The molecule has 1 fully saturated rings. The van der Waals surface area contributed by atoms with Crippen LogP contribution >= 0.6 is 11.5 Å². The first-order valence-electron chi connectivity index (χ1n) is 5.78. The normalized spacial score (nSPS) is 15.2. The lowest BCUT2D eigenvalue weighted by atomic mass is 10.2. The largest absolute Gasteiger partial charge is 0.378 e. The number of nitrogens with one attached hydrogen (secondary N) is 1. The van der Waals surface area contributed by atoms with Gasteiger partial charge in [-0.15, -0.1) is 10.2 Å². The highest BCUT2D eigenvalue weighted by molar-refractivity contribution is 7.10.